The summed E-state index contributed by atoms with van der Waals surface area (Å²) in [4.78, 5) is 14.0. The summed E-state index contributed by atoms with van der Waals surface area (Å²) in [5, 5.41) is 3.01. The normalized spacial score (nSPS) is 17.4. The lowest BCUT2D eigenvalue weighted by Crippen LogP contribution is -2.43. The lowest BCUT2D eigenvalue weighted by atomic mass is 9.98. The van der Waals surface area contributed by atoms with Crippen molar-refractivity contribution in [3.05, 3.63) is 29.8 Å². The summed E-state index contributed by atoms with van der Waals surface area (Å²) in [7, 11) is 3.57. The van der Waals surface area contributed by atoms with E-state index in [0.29, 0.717) is 12.6 Å². The van der Waals surface area contributed by atoms with Crippen molar-refractivity contribution >= 4 is 5.91 Å². The van der Waals surface area contributed by atoms with Crippen LogP contribution >= 0.6 is 0 Å². The zero-order valence-electron chi connectivity index (χ0n) is 13.0. The standard InChI is InChI=1S/C16H25N3O2/c1-11(17)16(13-6-4-5-7-14(13)21-3)19(2)10-15(20)18-12-8-9-12/h4-7,11-12,16H,8-10,17H2,1-3H3,(H,18,20). The molecule has 1 aliphatic carbocycles. The summed E-state index contributed by atoms with van der Waals surface area (Å²) in [6, 6.07) is 8.02. The van der Waals surface area contributed by atoms with Crippen molar-refractivity contribution in [2.45, 2.75) is 37.9 Å². The van der Waals surface area contributed by atoms with Gasteiger partial charge in [0.2, 0.25) is 5.91 Å². The molecule has 1 aromatic rings. The average molecular weight is 291 g/mol. The van der Waals surface area contributed by atoms with Crippen LogP contribution in [-0.4, -0.2) is 43.6 Å². The van der Waals surface area contributed by atoms with Crippen LogP contribution < -0.4 is 15.8 Å². The Labute approximate surface area is 126 Å². The van der Waals surface area contributed by atoms with Gasteiger partial charge in [-0.25, -0.2) is 0 Å². The van der Waals surface area contributed by atoms with Crippen LogP contribution in [0.3, 0.4) is 0 Å². The number of para-hydroxylation sites is 1. The maximum absolute atomic E-state index is 12.0. The molecule has 5 nitrogen and oxygen atoms in total. The fourth-order valence-corrected chi connectivity index (χ4v) is 2.66. The number of hydrogen-bond acceptors (Lipinski definition) is 4. The van der Waals surface area contributed by atoms with Gasteiger partial charge in [-0.3, -0.25) is 9.69 Å². The van der Waals surface area contributed by atoms with E-state index in [2.05, 4.69) is 5.32 Å². The monoisotopic (exact) mass is 291 g/mol. The van der Waals surface area contributed by atoms with Crippen molar-refractivity contribution in [1.29, 1.82) is 0 Å². The van der Waals surface area contributed by atoms with Crippen molar-refractivity contribution in [2.75, 3.05) is 20.7 Å². The second-order valence-electron chi connectivity index (χ2n) is 5.80. The van der Waals surface area contributed by atoms with E-state index >= 15 is 0 Å². The number of nitrogens with two attached hydrogens (primary N) is 1. The largest absolute Gasteiger partial charge is 0.496 e. The summed E-state index contributed by atoms with van der Waals surface area (Å²) >= 11 is 0. The maximum Gasteiger partial charge on any atom is 0.234 e. The minimum Gasteiger partial charge on any atom is -0.496 e. The van der Waals surface area contributed by atoms with Gasteiger partial charge in [0.25, 0.3) is 0 Å². The van der Waals surface area contributed by atoms with Crippen LogP contribution in [0.1, 0.15) is 31.4 Å². The molecule has 0 spiro atoms. The molecule has 0 aliphatic heterocycles. The van der Waals surface area contributed by atoms with Crippen LogP contribution in [0.2, 0.25) is 0 Å². The number of likely N-dealkylation sites (N-methyl/N-ethyl adjacent to an activating group) is 1. The Hall–Kier alpha value is -1.59. The maximum atomic E-state index is 12.0. The van der Waals surface area contributed by atoms with Crippen LogP contribution in [0.15, 0.2) is 24.3 Å². The summed E-state index contributed by atoms with van der Waals surface area (Å²) in [6.07, 6.45) is 2.19. The topological polar surface area (TPSA) is 67.6 Å². The molecule has 5 heteroatoms. The van der Waals surface area contributed by atoms with Gasteiger partial charge in [0, 0.05) is 17.6 Å². The Kier molecular flexibility index (Phi) is 5.20. The molecule has 0 bridgehead atoms. The number of amides is 1. The van der Waals surface area contributed by atoms with Gasteiger partial charge in [0.1, 0.15) is 5.75 Å². The highest BCUT2D eigenvalue weighted by Crippen LogP contribution is 2.30. The number of benzene rings is 1. The van der Waals surface area contributed by atoms with E-state index in [1.807, 2.05) is 43.1 Å². The molecular formula is C16H25N3O2. The fraction of sp³-hybridized carbons (Fsp3) is 0.562. The third kappa shape index (κ3) is 4.19. The van der Waals surface area contributed by atoms with E-state index < -0.39 is 0 Å². The number of carbonyl (C=O) groups is 1. The molecule has 21 heavy (non-hydrogen) atoms. The van der Waals surface area contributed by atoms with Crippen molar-refractivity contribution in [3.8, 4) is 5.75 Å². The van der Waals surface area contributed by atoms with Gasteiger partial charge in [-0.15, -0.1) is 0 Å². The molecule has 0 radical (unpaired) electrons. The minimum atomic E-state index is -0.111. The Morgan fingerprint density at radius 2 is 2.14 bits per heavy atom. The highest BCUT2D eigenvalue weighted by atomic mass is 16.5. The van der Waals surface area contributed by atoms with Crippen molar-refractivity contribution in [1.82, 2.24) is 10.2 Å². The number of nitrogens with zero attached hydrogens (tertiary/aromatic N) is 1. The van der Waals surface area contributed by atoms with E-state index in [1.165, 1.54) is 0 Å². The SMILES string of the molecule is COc1ccccc1C(C(C)N)N(C)CC(=O)NC1CC1. The second-order valence-corrected chi connectivity index (χ2v) is 5.80. The predicted octanol–water partition coefficient (Wildman–Crippen LogP) is 1.29. The summed E-state index contributed by atoms with van der Waals surface area (Å²) in [5.41, 5.74) is 7.16. The van der Waals surface area contributed by atoms with Crippen LogP contribution in [-0.2, 0) is 4.79 Å². The van der Waals surface area contributed by atoms with Crippen molar-refractivity contribution < 1.29 is 9.53 Å². The van der Waals surface area contributed by atoms with Gasteiger partial charge >= 0.3 is 0 Å². The second kappa shape index (κ2) is 6.91. The van der Waals surface area contributed by atoms with Crippen LogP contribution in [0.5, 0.6) is 5.75 Å². The summed E-state index contributed by atoms with van der Waals surface area (Å²) in [6.45, 7) is 2.28. The molecule has 1 saturated carbocycles. The Balaban J connectivity index is 2.11. The van der Waals surface area contributed by atoms with Crippen molar-refractivity contribution in [2.24, 2.45) is 5.73 Å². The van der Waals surface area contributed by atoms with E-state index in [9.17, 15) is 4.79 Å². The van der Waals surface area contributed by atoms with Gasteiger partial charge in [-0.1, -0.05) is 18.2 Å². The Bertz CT molecular complexity index is 486. The zero-order valence-corrected chi connectivity index (χ0v) is 13.0. The molecule has 2 atom stereocenters. The summed E-state index contributed by atoms with van der Waals surface area (Å²) < 4.78 is 5.42. The number of hydrogen-bond donors (Lipinski definition) is 2. The van der Waals surface area contributed by atoms with E-state index in [1.54, 1.807) is 7.11 Å². The summed E-state index contributed by atoms with van der Waals surface area (Å²) in [5.74, 6) is 0.856. The lowest BCUT2D eigenvalue weighted by Gasteiger charge is -2.32. The molecule has 1 fully saturated rings. The molecule has 2 rings (SSSR count). The van der Waals surface area contributed by atoms with Gasteiger partial charge in [0.05, 0.1) is 19.7 Å². The highest BCUT2D eigenvalue weighted by molar-refractivity contribution is 5.78. The predicted molar refractivity (Wildman–Crippen MR) is 83.2 cm³/mol. The van der Waals surface area contributed by atoms with E-state index in [0.717, 1.165) is 24.2 Å². The highest BCUT2D eigenvalue weighted by Gasteiger charge is 2.28. The number of nitrogens with one attached hydrogen (secondary N) is 1. The van der Waals surface area contributed by atoms with Gasteiger partial charge in [-0.05, 0) is 32.9 Å². The van der Waals surface area contributed by atoms with E-state index in [4.69, 9.17) is 10.5 Å². The number of carbonyl (C=O) groups excluding carboxylic acids is 1. The first kappa shape index (κ1) is 15.8. The quantitative estimate of drug-likeness (QED) is 0.794. The van der Waals surface area contributed by atoms with Gasteiger partial charge in [-0.2, -0.15) is 0 Å². The van der Waals surface area contributed by atoms with Gasteiger partial charge < -0.3 is 15.8 Å². The third-order valence-corrected chi connectivity index (χ3v) is 3.77. The fourth-order valence-electron chi connectivity index (χ4n) is 2.66. The molecular weight excluding hydrogens is 266 g/mol. The molecule has 3 N–H and O–H groups in total. The molecule has 1 aromatic carbocycles. The molecule has 0 heterocycles. The average Bonchev–Trinajstić information content (AvgIpc) is 3.22. The Morgan fingerprint density at radius 3 is 2.71 bits per heavy atom. The van der Waals surface area contributed by atoms with Crippen LogP contribution in [0.4, 0.5) is 0 Å². The van der Waals surface area contributed by atoms with Gasteiger partial charge in [0.15, 0.2) is 0 Å². The number of ether oxygens (including phenoxy) is 1. The third-order valence-electron chi connectivity index (χ3n) is 3.77. The van der Waals surface area contributed by atoms with Crippen LogP contribution in [0, 0.1) is 0 Å². The first-order chi connectivity index (χ1) is 10.0. The molecule has 0 aromatic heterocycles. The first-order valence-corrected chi connectivity index (χ1v) is 7.41. The molecule has 2 unspecified atom stereocenters. The lowest BCUT2D eigenvalue weighted by molar-refractivity contribution is -0.122. The van der Waals surface area contributed by atoms with Crippen molar-refractivity contribution in [3.63, 3.8) is 0 Å². The molecule has 1 aliphatic rings. The van der Waals surface area contributed by atoms with E-state index in [-0.39, 0.29) is 18.0 Å². The Morgan fingerprint density at radius 1 is 1.48 bits per heavy atom. The first-order valence-electron chi connectivity index (χ1n) is 7.41. The number of methoxy groups -OCH3 is 1. The molecule has 1 amide bonds. The molecule has 116 valence electrons. The molecule has 0 saturated heterocycles. The smallest absolute Gasteiger partial charge is 0.234 e. The van der Waals surface area contributed by atoms with Crippen LogP contribution in [0.25, 0.3) is 0 Å². The zero-order chi connectivity index (χ0) is 15.4. The number of rotatable bonds is 7. The minimum absolute atomic E-state index is 0.0561.